The lowest BCUT2D eigenvalue weighted by molar-refractivity contribution is 0.469. The highest BCUT2D eigenvalue weighted by atomic mass is 19.1. The van der Waals surface area contributed by atoms with Gasteiger partial charge in [-0.3, -0.25) is 5.10 Å². The van der Waals surface area contributed by atoms with Crippen molar-refractivity contribution in [3.8, 4) is 56.6 Å². The fraction of sp³-hybridized carbons (Fsp3) is 0.139. The van der Waals surface area contributed by atoms with Gasteiger partial charge in [-0.25, -0.2) is 9.37 Å². The van der Waals surface area contributed by atoms with Gasteiger partial charge < -0.3 is 10.0 Å². The van der Waals surface area contributed by atoms with Crippen LogP contribution in [0.15, 0.2) is 97.1 Å². The van der Waals surface area contributed by atoms with Crippen molar-refractivity contribution in [3.05, 3.63) is 108 Å². The first kappa shape index (κ1) is 26.4. The van der Waals surface area contributed by atoms with Crippen LogP contribution in [0, 0.1) is 17.1 Å². The molecule has 0 saturated carbocycles. The van der Waals surface area contributed by atoms with Crippen LogP contribution in [0.1, 0.15) is 24.8 Å². The maximum atomic E-state index is 15.2. The van der Waals surface area contributed by atoms with Crippen molar-refractivity contribution in [1.29, 1.82) is 5.26 Å². The molecule has 1 aliphatic heterocycles. The van der Waals surface area contributed by atoms with Crippen LogP contribution in [0.2, 0.25) is 0 Å². The van der Waals surface area contributed by atoms with E-state index in [9.17, 15) is 10.4 Å². The fourth-order valence-corrected chi connectivity index (χ4v) is 6.00. The molecule has 2 N–H and O–H groups in total. The Balaban J connectivity index is 1.42. The summed E-state index contributed by atoms with van der Waals surface area (Å²) in [4.78, 5) is 7.08. The zero-order valence-corrected chi connectivity index (χ0v) is 23.4. The number of nitrogens with zero attached hydrogens (tertiary/aromatic N) is 4. The van der Waals surface area contributed by atoms with E-state index < -0.39 is 5.82 Å². The number of rotatable bonds is 5. The van der Waals surface area contributed by atoms with Gasteiger partial charge in [-0.2, -0.15) is 10.4 Å². The number of benzene rings is 4. The van der Waals surface area contributed by atoms with E-state index in [4.69, 9.17) is 4.98 Å². The minimum atomic E-state index is -0.665. The molecule has 0 atom stereocenters. The first-order valence-corrected chi connectivity index (χ1v) is 14.4. The van der Waals surface area contributed by atoms with Gasteiger partial charge in [0, 0.05) is 41.5 Å². The summed E-state index contributed by atoms with van der Waals surface area (Å²) < 4.78 is 15.2. The van der Waals surface area contributed by atoms with Gasteiger partial charge in [-0.05, 0) is 60.2 Å². The number of phenolic OH excluding ortho intramolecular Hbond substituents is 1. The quantitative estimate of drug-likeness (QED) is 0.219. The van der Waals surface area contributed by atoms with Crippen molar-refractivity contribution < 1.29 is 9.50 Å². The Morgan fingerprint density at radius 3 is 2.16 bits per heavy atom. The molecule has 0 amide bonds. The Hall–Kier alpha value is -5.48. The molecule has 43 heavy (non-hydrogen) atoms. The molecule has 4 aromatic carbocycles. The van der Waals surface area contributed by atoms with Crippen molar-refractivity contribution >= 4 is 16.7 Å². The lowest BCUT2D eigenvalue weighted by Crippen LogP contribution is -2.29. The van der Waals surface area contributed by atoms with Crippen molar-refractivity contribution in [2.24, 2.45) is 0 Å². The number of anilines is 1. The average molecular weight is 566 g/mol. The third kappa shape index (κ3) is 4.87. The SMILES string of the molecule is N#Cc1c(-c2ccc(O)cc2F)nc2n[nH]c(-c3ccc(-c4ccccc4)cc3)c2c1-c1ccc(N2CCCCC2)cc1. The van der Waals surface area contributed by atoms with Gasteiger partial charge in [-0.1, -0.05) is 66.7 Å². The van der Waals surface area contributed by atoms with Gasteiger partial charge in [0.15, 0.2) is 5.65 Å². The number of aromatic hydroxyl groups is 1. The molecule has 0 bridgehead atoms. The Labute approximate surface area is 248 Å². The van der Waals surface area contributed by atoms with Gasteiger partial charge in [0.2, 0.25) is 0 Å². The number of halogens is 1. The second-order valence-electron chi connectivity index (χ2n) is 10.8. The molecule has 6 aromatic rings. The van der Waals surface area contributed by atoms with Crippen LogP contribution in [-0.4, -0.2) is 33.4 Å². The van der Waals surface area contributed by atoms with E-state index in [0.717, 1.165) is 52.8 Å². The number of aromatic amines is 1. The lowest BCUT2D eigenvalue weighted by atomic mass is 9.91. The van der Waals surface area contributed by atoms with Crippen molar-refractivity contribution in [1.82, 2.24) is 15.2 Å². The maximum absolute atomic E-state index is 15.2. The van der Waals surface area contributed by atoms with Gasteiger partial charge in [0.25, 0.3) is 0 Å². The van der Waals surface area contributed by atoms with E-state index in [1.807, 2.05) is 42.5 Å². The van der Waals surface area contributed by atoms with E-state index in [0.29, 0.717) is 16.6 Å². The smallest absolute Gasteiger partial charge is 0.182 e. The first-order chi connectivity index (χ1) is 21.1. The predicted molar refractivity (Wildman–Crippen MR) is 168 cm³/mol. The Kier molecular flexibility index (Phi) is 6.80. The Bertz CT molecular complexity index is 1970. The molecule has 3 heterocycles. The molecule has 6 nitrogen and oxygen atoms in total. The minimum Gasteiger partial charge on any atom is -0.508 e. The second kappa shape index (κ2) is 11.1. The third-order valence-electron chi connectivity index (χ3n) is 8.18. The summed E-state index contributed by atoms with van der Waals surface area (Å²) in [6, 6.07) is 32.7. The van der Waals surface area contributed by atoms with Gasteiger partial charge >= 0.3 is 0 Å². The molecule has 0 aliphatic carbocycles. The monoisotopic (exact) mass is 565 g/mol. The van der Waals surface area contributed by atoms with E-state index in [1.54, 1.807) is 0 Å². The van der Waals surface area contributed by atoms with Crippen LogP contribution >= 0.6 is 0 Å². The predicted octanol–water partition coefficient (Wildman–Crippen LogP) is 8.33. The molecule has 0 spiro atoms. The summed E-state index contributed by atoms with van der Waals surface area (Å²) in [5, 5.41) is 28.8. The number of phenols is 1. The van der Waals surface area contributed by atoms with Crippen LogP contribution in [-0.2, 0) is 0 Å². The number of nitriles is 1. The highest BCUT2D eigenvalue weighted by Crippen LogP contribution is 2.42. The molecular formula is C36H28FN5O. The average Bonchev–Trinajstić information content (AvgIpc) is 3.48. The molecule has 0 unspecified atom stereocenters. The summed E-state index contributed by atoms with van der Waals surface area (Å²) >= 11 is 0. The van der Waals surface area contributed by atoms with Crippen LogP contribution in [0.4, 0.5) is 10.1 Å². The normalized spacial score (nSPS) is 13.3. The summed E-state index contributed by atoms with van der Waals surface area (Å²) in [7, 11) is 0. The molecule has 1 saturated heterocycles. The topological polar surface area (TPSA) is 88.8 Å². The van der Waals surface area contributed by atoms with Crippen LogP contribution in [0.25, 0.3) is 55.8 Å². The molecule has 2 aromatic heterocycles. The molecule has 0 radical (unpaired) electrons. The molecule has 7 rings (SSSR count). The molecule has 210 valence electrons. The van der Waals surface area contributed by atoms with Gasteiger partial charge in [0.05, 0.1) is 22.3 Å². The molecular weight excluding hydrogens is 537 g/mol. The standard InChI is InChI=1S/C36H28FN5O/c37-31-21-28(43)17-18-29(31)35-30(22-38)32(25-13-15-27(16-14-25)42-19-5-2-6-20-42)33-34(40-41-36(33)39-35)26-11-9-24(10-12-26)23-7-3-1-4-8-23/h1,3-4,7-18,21,43H,2,5-6,19-20H2,(H,39,40,41). The number of fused-ring (bicyclic) bond motifs is 1. The fourth-order valence-electron chi connectivity index (χ4n) is 6.00. The zero-order chi connectivity index (χ0) is 29.3. The van der Waals surface area contributed by atoms with Crippen LogP contribution < -0.4 is 4.90 Å². The maximum Gasteiger partial charge on any atom is 0.182 e. The number of nitrogens with one attached hydrogen (secondary N) is 1. The van der Waals surface area contributed by atoms with Crippen molar-refractivity contribution in [3.63, 3.8) is 0 Å². The van der Waals surface area contributed by atoms with Gasteiger partial charge in [0.1, 0.15) is 17.6 Å². The molecule has 1 aliphatic rings. The van der Waals surface area contributed by atoms with E-state index >= 15 is 4.39 Å². The largest absolute Gasteiger partial charge is 0.508 e. The van der Waals surface area contributed by atoms with Gasteiger partial charge in [-0.15, -0.1) is 0 Å². The van der Waals surface area contributed by atoms with Crippen molar-refractivity contribution in [2.45, 2.75) is 19.3 Å². The Morgan fingerprint density at radius 1 is 0.791 bits per heavy atom. The van der Waals surface area contributed by atoms with Crippen LogP contribution in [0.3, 0.4) is 0 Å². The van der Waals surface area contributed by atoms with E-state index in [-0.39, 0.29) is 22.6 Å². The molecule has 7 heteroatoms. The summed E-state index contributed by atoms with van der Waals surface area (Å²) in [6.07, 6.45) is 3.60. The van der Waals surface area contributed by atoms with E-state index in [2.05, 4.69) is 57.6 Å². The Morgan fingerprint density at radius 2 is 1.47 bits per heavy atom. The number of hydrogen-bond donors (Lipinski definition) is 2. The summed E-state index contributed by atoms with van der Waals surface area (Å²) in [6.45, 7) is 2.05. The summed E-state index contributed by atoms with van der Waals surface area (Å²) in [5.41, 5.74) is 7.33. The highest BCUT2D eigenvalue weighted by Gasteiger charge is 2.25. The van der Waals surface area contributed by atoms with Crippen molar-refractivity contribution in [2.75, 3.05) is 18.0 Å². The molecule has 1 fully saturated rings. The summed E-state index contributed by atoms with van der Waals surface area (Å²) in [5.74, 6) is -0.864. The number of H-pyrrole nitrogens is 1. The first-order valence-electron chi connectivity index (χ1n) is 14.4. The van der Waals surface area contributed by atoms with Crippen LogP contribution in [0.5, 0.6) is 5.75 Å². The second-order valence-corrected chi connectivity index (χ2v) is 10.8. The number of hydrogen-bond acceptors (Lipinski definition) is 5. The number of pyridine rings is 1. The number of aromatic nitrogens is 3. The zero-order valence-electron chi connectivity index (χ0n) is 23.4. The number of piperidine rings is 1. The lowest BCUT2D eigenvalue weighted by Gasteiger charge is -2.29. The highest BCUT2D eigenvalue weighted by molar-refractivity contribution is 6.06. The van der Waals surface area contributed by atoms with E-state index in [1.165, 1.54) is 31.4 Å². The minimum absolute atomic E-state index is 0.124. The third-order valence-corrected chi connectivity index (χ3v) is 8.18.